The highest BCUT2D eigenvalue weighted by molar-refractivity contribution is 6.30. The van der Waals surface area contributed by atoms with E-state index in [4.69, 9.17) is 25.8 Å². The van der Waals surface area contributed by atoms with Gasteiger partial charge in [0.2, 0.25) is 0 Å². The van der Waals surface area contributed by atoms with Crippen LogP contribution in [-0.2, 0) is 9.47 Å². The quantitative estimate of drug-likeness (QED) is 0.563. The van der Waals surface area contributed by atoms with Crippen molar-refractivity contribution in [1.29, 1.82) is 0 Å². The van der Waals surface area contributed by atoms with Gasteiger partial charge in [0.1, 0.15) is 23.3 Å². The van der Waals surface area contributed by atoms with Crippen LogP contribution in [-0.4, -0.2) is 64.8 Å². The summed E-state index contributed by atoms with van der Waals surface area (Å²) in [6.45, 7) is 5.51. The van der Waals surface area contributed by atoms with Crippen LogP contribution in [0.3, 0.4) is 0 Å². The molecule has 4 atom stereocenters. The molecule has 1 N–H and O–H groups in total. The molecule has 0 spiro atoms. The van der Waals surface area contributed by atoms with Crippen molar-refractivity contribution < 1.29 is 23.4 Å². The van der Waals surface area contributed by atoms with Crippen molar-refractivity contribution in [2.24, 2.45) is 0 Å². The van der Waals surface area contributed by atoms with E-state index in [1.165, 1.54) is 7.11 Å². The summed E-state index contributed by atoms with van der Waals surface area (Å²) in [7, 11) is 1.53. The highest BCUT2D eigenvalue weighted by Gasteiger charge is 2.51. The van der Waals surface area contributed by atoms with Crippen LogP contribution in [0.4, 0.5) is 15.0 Å². The molecule has 2 fully saturated rings. The van der Waals surface area contributed by atoms with Gasteiger partial charge in [-0.05, 0) is 58.2 Å². The number of methoxy groups -OCH3 is 1. The van der Waals surface area contributed by atoms with Crippen LogP contribution in [0, 0.1) is 0 Å². The summed E-state index contributed by atoms with van der Waals surface area (Å²) in [5.74, 6) is 0.995. The second-order valence-corrected chi connectivity index (χ2v) is 10.0. The van der Waals surface area contributed by atoms with Gasteiger partial charge in [0, 0.05) is 23.7 Å². The Bertz CT molecular complexity index is 1020. The molecule has 2 bridgehead atoms. The summed E-state index contributed by atoms with van der Waals surface area (Å²) in [5.41, 5.74) is 0.686. The number of ether oxygens (including phenoxy) is 3. The van der Waals surface area contributed by atoms with Gasteiger partial charge < -0.3 is 19.5 Å². The third-order valence-electron chi connectivity index (χ3n) is 5.97. The normalized spacial score (nSPS) is 24.1. The van der Waals surface area contributed by atoms with Crippen molar-refractivity contribution in [2.45, 2.75) is 69.9 Å². The Kier molecular flexibility index (Phi) is 7.14. The summed E-state index contributed by atoms with van der Waals surface area (Å²) in [6.07, 6.45) is 3.34. The van der Waals surface area contributed by atoms with E-state index < -0.39 is 29.9 Å². The van der Waals surface area contributed by atoms with Crippen LogP contribution >= 0.6 is 11.6 Å². The minimum absolute atomic E-state index is 0.0638. The van der Waals surface area contributed by atoms with Crippen molar-refractivity contribution in [1.82, 2.24) is 14.9 Å². The lowest BCUT2D eigenvalue weighted by atomic mass is 9.95. The number of fused-ring (bicyclic) bond motifs is 2. The Morgan fingerprint density at radius 1 is 1.26 bits per heavy atom. The Morgan fingerprint density at radius 2 is 2.06 bits per heavy atom. The monoisotopic (exact) mass is 492 g/mol. The number of halogens is 2. The average molecular weight is 493 g/mol. The molecule has 8 nitrogen and oxygen atoms in total. The van der Waals surface area contributed by atoms with Crippen LogP contribution in [0.25, 0.3) is 11.3 Å². The molecule has 0 saturated carbocycles. The van der Waals surface area contributed by atoms with Gasteiger partial charge in [0.15, 0.2) is 6.79 Å². The average Bonchev–Trinajstić information content (AvgIpc) is 3.13. The molecule has 3 heterocycles. The maximum absolute atomic E-state index is 15.4. The standard InChI is InChI=1S/C24H30ClFN4O4/c1-24(2,3)34-23(31)30-15-6-8-19(30)22(26)17(10-15)29-21-12-27-18(11-28-21)16-7-5-14(25)9-20(16)33-13-32-4/h5,7,9,11-12,15,17,19,22H,6,8,10,13H2,1-4H3,(H,28,29)/t15-,17-,19+,22-/m1/s1. The number of amides is 1. The van der Waals surface area contributed by atoms with Crippen LogP contribution in [0.2, 0.25) is 5.02 Å². The van der Waals surface area contributed by atoms with Gasteiger partial charge in [-0.2, -0.15) is 0 Å². The van der Waals surface area contributed by atoms with E-state index in [2.05, 4.69) is 15.3 Å². The third kappa shape index (κ3) is 5.36. The minimum atomic E-state index is -1.24. The van der Waals surface area contributed by atoms with Gasteiger partial charge in [-0.15, -0.1) is 0 Å². The zero-order valence-electron chi connectivity index (χ0n) is 19.8. The van der Waals surface area contributed by atoms with Gasteiger partial charge >= 0.3 is 6.09 Å². The molecule has 184 valence electrons. The Morgan fingerprint density at radius 3 is 2.74 bits per heavy atom. The second-order valence-electron chi connectivity index (χ2n) is 9.60. The van der Waals surface area contributed by atoms with E-state index in [1.807, 2.05) is 20.8 Å². The lowest BCUT2D eigenvalue weighted by Gasteiger charge is -2.41. The number of nitrogens with zero attached hydrogens (tertiary/aromatic N) is 3. The zero-order valence-corrected chi connectivity index (χ0v) is 20.5. The van der Waals surface area contributed by atoms with Crippen LogP contribution in [0.15, 0.2) is 30.6 Å². The van der Waals surface area contributed by atoms with Crippen molar-refractivity contribution in [3.8, 4) is 17.0 Å². The molecule has 0 radical (unpaired) electrons. The number of benzene rings is 1. The molecule has 1 amide bonds. The van der Waals surface area contributed by atoms with E-state index >= 15 is 4.39 Å². The van der Waals surface area contributed by atoms with E-state index in [-0.39, 0.29) is 12.8 Å². The van der Waals surface area contributed by atoms with E-state index in [0.717, 1.165) is 6.42 Å². The first kappa shape index (κ1) is 24.5. The zero-order chi connectivity index (χ0) is 24.5. The van der Waals surface area contributed by atoms with Crippen LogP contribution < -0.4 is 10.1 Å². The van der Waals surface area contributed by atoms with Gasteiger partial charge in [0.25, 0.3) is 0 Å². The second kappa shape index (κ2) is 9.92. The lowest BCUT2D eigenvalue weighted by molar-refractivity contribution is -0.00834. The predicted octanol–water partition coefficient (Wildman–Crippen LogP) is 5.07. The lowest BCUT2D eigenvalue weighted by Crippen LogP contribution is -2.57. The molecule has 2 aliphatic rings. The first-order valence-electron chi connectivity index (χ1n) is 11.3. The van der Waals surface area contributed by atoms with E-state index in [0.29, 0.717) is 40.7 Å². The first-order chi connectivity index (χ1) is 16.2. The molecule has 2 aromatic rings. The summed E-state index contributed by atoms with van der Waals surface area (Å²) in [5, 5.41) is 3.71. The molecule has 2 saturated heterocycles. The molecular weight excluding hydrogens is 463 g/mol. The number of alkyl halides is 1. The fraction of sp³-hybridized carbons (Fsp3) is 0.542. The largest absolute Gasteiger partial charge is 0.467 e. The molecule has 10 heteroatoms. The molecule has 2 aliphatic heterocycles. The Labute approximate surface area is 203 Å². The number of nitrogens with one attached hydrogen (secondary N) is 1. The van der Waals surface area contributed by atoms with Gasteiger partial charge in [-0.25, -0.2) is 14.2 Å². The number of anilines is 1. The van der Waals surface area contributed by atoms with Crippen LogP contribution in [0.1, 0.15) is 40.0 Å². The predicted molar refractivity (Wildman–Crippen MR) is 127 cm³/mol. The number of carbonyl (C=O) groups excluding carboxylic acids is 1. The molecule has 1 aromatic heterocycles. The van der Waals surface area contributed by atoms with E-state index in [9.17, 15) is 4.79 Å². The Hall–Kier alpha value is -2.65. The molecule has 1 aromatic carbocycles. The fourth-order valence-corrected chi connectivity index (χ4v) is 4.73. The maximum atomic E-state index is 15.4. The fourth-order valence-electron chi connectivity index (χ4n) is 4.57. The maximum Gasteiger partial charge on any atom is 0.410 e. The van der Waals surface area contributed by atoms with Crippen molar-refractivity contribution >= 4 is 23.5 Å². The summed E-state index contributed by atoms with van der Waals surface area (Å²) in [4.78, 5) is 23.1. The number of carbonyl (C=O) groups is 1. The van der Waals surface area contributed by atoms with Gasteiger partial charge in [-0.3, -0.25) is 9.88 Å². The number of hydrogen-bond donors (Lipinski definition) is 1. The first-order valence-corrected chi connectivity index (χ1v) is 11.7. The molecule has 4 rings (SSSR count). The van der Waals surface area contributed by atoms with Crippen molar-refractivity contribution in [2.75, 3.05) is 19.2 Å². The molecule has 34 heavy (non-hydrogen) atoms. The number of piperidine rings is 1. The van der Waals surface area contributed by atoms with Crippen molar-refractivity contribution in [3.05, 3.63) is 35.6 Å². The Balaban J connectivity index is 1.45. The van der Waals surface area contributed by atoms with Gasteiger partial charge in [-0.1, -0.05) is 11.6 Å². The smallest absolute Gasteiger partial charge is 0.410 e. The number of rotatable bonds is 6. The highest BCUT2D eigenvalue weighted by atomic mass is 35.5. The topological polar surface area (TPSA) is 85.8 Å². The summed E-state index contributed by atoms with van der Waals surface area (Å²) in [6, 6.07) is 4.19. The summed E-state index contributed by atoms with van der Waals surface area (Å²) >= 11 is 6.09. The SMILES string of the molecule is COCOc1cc(Cl)ccc1-c1cnc(N[C@@H]2C[C@H]3CC[C@@H]([C@@H]2F)N3C(=O)OC(C)(C)C)cn1. The van der Waals surface area contributed by atoms with Crippen molar-refractivity contribution in [3.63, 3.8) is 0 Å². The van der Waals surface area contributed by atoms with E-state index in [1.54, 1.807) is 35.5 Å². The number of hydrogen-bond acceptors (Lipinski definition) is 7. The summed E-state index contributed by atoms with van der Waals surface area (Å²) < 4.78 is 31.5. The molecule has 0 unspecified atom stereocenters. The number of aromatic nitrogens is 2. The minimum Gasteiger partial charge on any atom is -0.467 e. The third-order valence-corrected chi connectivity index (χ3v) is 6.20. The molecular formula is C24H30ClFN4O4. The van der Waals surface area contributed by atoms with Gasteiger partial charge in [0.05, 0.1) is 30.2 Å². The molecule has 0 aliphatic carbocycles. The van der Waals surface area contributed by atoms with Crippen LogP contribution in [0.5, 0.6) is 5.75 Å². The highest BCUT2D eigenvalue weighted by Crippen LogP contribution is 2.39.